The Morgan fingerprint density at radius 3 is 2.71 bits per heavy atom. The smallest absolute Gasteiger partial charge is 0.229 e. The minimum Gasteiger partial charge on any atom is -0.496 e. The number of hydrogen-bond acceptors (Lipinski definition) is 5. The van der Waals surface area contributed by atoms with Crippen LogP contribution in [0.5, 0.6) is 5.75 Å². The monoisotopic (exact) mass is 382 g/mol. The average Bonchev–Trinajstić information content (AvgIpc) is 3.42. The molecule has 0 unspecified atom stereocenters. The molecular weight excluding hydrogens is 352 g/mol. The lowest BCUT2D eigenvalue weighted by Crippen LogP contribution is -2.14. The Hall–Kier alpha value is -2.50. The number of aromatic nitrogens is 2. The number of fused-ring (bicyclic) bond motifs is 1. The third-order valence-corrected chi connectivity index (χ3v) is 5.91. The van der Waals surface area contributed by atoms with Gasteiger partial charge in [0.1, 0.15) is 12.3 Å². The molecule has 2 heterocycles. The van der Waals surface area contributed by atoms with Crippen molar-refractivity contribution < 1.29 is 9.47 Å². The fourth-order valence-electron chi connectivity index (χ4n) is 4.71. The predicted octanol–water partition coefficient (Wildman–Crippen LogP) is 3.30. The second-order valence-corrected chi connectivity index (χ2v) is 7.56. The van der Waals surface area contributed by atoms with Gasteiger partial charge in [-0.2, -0.15) is 5.10 Å². The molecule has 0 amide bonds. The van der Waals surface area contributed by atoms with Crippen LogP contribution in [-0.2, 0) is 43.4 Å². The molecule has 1 aliphatic carbocycles. The van der Waals surface area contributed by atoms with Crippen LogP contribution in [0.3, 0.4) is 0 Å². The first-order chi connectivity index (χ1) is 13.7. The fraction of sp³-hybridized carbons (Fsp3) is 0.545. The van der Waals surface area contributed by atoms with Crippen molar-refractivity contribution in [2.24, 2.45) is 5.10 Å². The zero-order chi connectivity index (χ0) is 19.7. The summed E-state index contributed by atoms with van der Waals surface area (Å²) < 4.78 is 13.3. The molecule has 0 bridgehead atoms. The molecule has 0 fully saturated rings. The molecular formula is C22H30N4O2. The van der Waals surface area contributed by atoms with Crippen molar-refractivity contribution in [3.05, 3.63) is 45.3 Å². The number of aryl methyl sites for hydroxylation is 2. The second kappa shape index (κ2) is 7.86. The van der Waals surface area contributed by atoms with Gasteiger partial charge in [0.25, 0.3) is 0 Å². The van der Waals surface area contributed by atoms with E-state index in [-0.39, 0.29) is 0 Å². The van der Waals surface area contributed by atoms with E-state index in [1.165, 1.54) is 45.6 Å². The Morgan fingerprint density at radius 1 is 1.21 bits per heavy atom. The summed E-state index contributed by atoms with van der Waals surface area (Å²) in [6.07, 6.45) is 6.29. The number of nitrogens with one attached hydrogen (secondary N) is 1. The summed E-state index contributed by atoms with van der Waals surface area (Å²) in [4.78, 5) is 0. The SMILES string of the molecule is CCc1nn(CC2=NNCO2)c(CC)c1Cc1cc(C)c(OC)c2c1CCC2. The Morgan fingerprint density at radius 2 is 2.04 bits per heavy atom. The molecule has 4 rings (SSSR count). The molecule has 0 atom stereocenters. The first kappa shape index (κ1) is 18.8. The van der Waals surface area contributed by atoms with E-state index in [0.717, 1.165) is 37.9 Å². The summed E-state index contributed by atoms with van der Waals surface area (Å²) in [5.74, 6) is 1.79. The average molecular weight is 383 g/mol. The fourth-order valence-corrected chi connectivity index (χ4v) is 4.71. The third-order valence-electron chi connectivity index (χ3n) is 5.91. The quantitative estimate of drug-likeness (QED) is 0.798. The lowest BCUT2D eigenvalue weighted by atomic mass is 9.92. The Balaban J connectivity index is 1.73. The molecule has 0 radical (unpaired) electrons. The van der Waals surface area contributed by atoms with E-state index in [1.54, 1.807) is 7.11 Å². The molecule has 1 aromatic carbocycles. The predicted molar refractivity (Wildman–Crippen MR) is 110 cm³/mol. The highest BCUT2D eigenvalue weighted by atomic mass is 16.5. The molecule has 1 N–H and O–H groups in total. The Labute approximate surface area is 166 Å². The van der Waals surface area contributed by atoms with E-state index in [9.17, 15) is 0 Å². The zero-order valence-corrected chi connectivity index (χ0v) is 17.4. The van der Waals surface area contributed by atoms with Gasteiger partial charge < -0.3 is 9.47 Å². The molecule has 150 valence electrons. The third kappa shape index (κ3) is 3.25. The number of benzene rings is 1. The standard InChI is InChI=1S/C22H30N4O2/c1-5-19-18(20(6-2)26(25-19)12-21-24-23-13-28-21)11-15-10-14(3)22(27-4)17-9-7-8-16(15)17/h10,23H,5-9,11-13H2,1-4H3. The van der Waals surface area contributed by atoms with Gasteiger partial charge in [0.15, 0.2) is 6.73 Å². The van der Waals surface area contributed by atoms with Crippen molar-refractivity contribution in [3.63, 3.8) is 0 Å². The molecule has 28 heavy (non-hydrogen) atoms. The van der Waals surface area contributed by atoms with Crippen LogP contribution in [0.2, 0.25) is 0 Å². The van der Waals surface area contributed by atoms with Crippen LogP contribution in [0.4, 0.5) is 0 Å². The first-order valence-electron chi connectivity index (χ1n) is 10.3. The normalized spacial score (nSPS) is 15.2. The molecule has 0 saturated carbocycles. The summed E-state index contributed by atoms with van der Waals surface area (Å²) >= 11 is 0. The second-order valence-electron chi connectivity index (χ2n) is 7.56. The molecule has 6 nitrogen and oxygen atoms in total. The summed E-state index contributed by atoms with van der Waals surface area (Å²) in [5.41, 5.74) is 12.3. The highest BCUT2D eigenvalue weighted by Gasteiger charge is 2.24. The number of hydrazone groups is 1. The van der Waals surface area contributed by atoms with Crippen LogP contribution in [-0.4, -0.2) is 29.5 Å². The van der Waals surface area contributed by atoms with Crippen LogP contribution < -0.4 is 10.2 Å². The number of ether oxygens (including phenoxy) is 2. The minimum absolute atomic E-state index is 0.447. The summed E-state index contributed by atoms with van der Waals surface area (Å²) in [7, 11) is 1.79. The molecule has 0 saturated heterocycles. The lowest BCUT2D eigenvalue weighted by molar-refractivity contribution is 0.304. The van der Waals surface area contributed by atoms with Crippen molar-refractivity contribution in [2.45, 2.75) is 65.8 Å². The number of hydrogen-bond donors (Lipinski definition) is 1. The summed E-state index contributed by atoms with van der Waals surface area (Å²) in [5, 5.41) is 9.11. The van der Waals surface area contributed by atoms with Crippen LogP contribution in [0.25, 0.3) is 0 Å². The summed E-state index contributed by atoms with van der Waals surface area (Å²) in [6, 6.07) is 2.33. The van der Waals surface area contributed by atoms with E-state index in [1.807, 2.05) is 0 Å². The lowest BCUT2D eigenvalue weighted by Gasteiger charge is -2.16. The maximum absolute atomic E-state index is 5.71. The van der Waals surface area contributed by atoms with Gasteiger partial charge >= 0.3 is 0 Å². The molecule has 1 aromatic heterocycles. The molecule has 1 aliphatic heterocycles. The van der Waals surface area contributed by atoms with E-state index >= 15 is 0 Å². The van der Waals surface area contributed by atoms with Crippen molar-refractivity contribution in [1.29, 1.82) is 0 Å². The van der Waals surface area contributed by atoms with Gasteiger partial charge in [0, 0.05) is 17.7 Å². The van der Waals surface area contributed by atoms with Crippen molar-refractivity contribution in [3.8, 4) is 5.75 Å². The highest BCUT2D eigenvalue weighted by molar-refractivity contribution is 5.76. The van der Waals surface area contributed by atoms with Crippen molar-refractivity contribution in [2.75, 3.05) is 13.8 Å². The molecule has 6 heteroatoms. The molecule has 0 spiro atoms. The Bertz CT molecular complexity index is 914. The van der Waals surface area contributed by atoms with Crippen molar-refractivity contribution >= 4 is 5.90 Å². The van der Waals surface area contributed by atoms with E-state index in [0.29, 0.717) is 19.2 Å². The highest BCUT2D eigenvalue weighted by Crippen LogP contribution is 2.37. The van der Waals surface area contributed by atoms with Crippen molar-refractivity contribution in [1.82, 2.24) is 15.2 Å². The topological polar surface area (TPSA) is 60.7 Å². The maximum atomic E-state index is 5.71. The summed E-state index contributed by atoms with van der Waals surface area (Å²) in [6.45, 7) is 7.58. The molecule has 2 aliphatic rings. The maximum Gasteiger partial charge on any atom is 0.229 e. The van der Waals surface area contributed by atoms with Crippen LogP contribution in [0.15, 0.2) is 11.2 Å². The van der Waals surface area contributed by atoms with Gasteiger partial charge in [0.2, 0.25) is 5.90 Å². The van der Waals surface area contributed by atoms with Crippen LogP contribution in [0, 0.1) is 6.92 Å². The van der Waals surface area contributed by atoms with Gasteiger partial charge in [-0.1, -0.05) is 19.9 Å². The minimum atomic E-state index is 0.447. The largest absolute Gasteiger partial charge is 0.496 e. The Kier molecular flexibility index (Phi) is 5.29. The van der Waals surface area contributed by atoms with Gasteiger partial charge in [-0.05, 0) is 61.3 Å². The van der Waals surface area contributed by atoms with Gasteiger partial charge in [-0.3, -0.25) is 10.1 Å². The number of rotatable bonds is 7. The zero-order valence-electron chi connectivity index (χ0n) is 17.4. The van der Waals surface area contributed by atoms with E-state index in [2.05, 4.69) is 42.0 Å². The van der Waals surface area contributed by atoms with Crippen LogP contribution >= 0.6 is 0 Å². The van der Waals surface area contributed by atoms with Gasteiger partial charge in [-0.25, -0.2) is 0 Å². The van der Waals surface area contributed by atoms with Crippen LogP contribution in [0.1, 0.15) is 59.5 Å². The van der Waals surface area contributed by atoms with Gasteiger partial charge in [-0.15, -0.1) is 5.10 Å². The number of methoxy groups -OCH3 is 1. The molecule has 2 aromatic rings. The van der Waals surface area contributed by atoms with Gasteiger partial charge in [0.05, 0.1) is 12.8 Å². The van der Waals surface area contributed by atoms with E-state index < -0.39 is 0 Å². The number of nitrogens with zero attached hydrogens (tertiary/aromatic N) is 3. The first-order valence-corrected chi connectivity index (χ1v) is 10.3. The van der Waals surface area contributed by atoms with E-state index in [4.69, 9.17) is 14.6 Å².